The molecule has 1 N–H and O–H groups in total. The van der Waals surface area contributed by atoms with E-state index in [0.717, 1.165) is 27.0 Å². The van der Waals surface area contributed by atoms with E-state index in [1.165, 1.54) is 0 Å². The molecule has 0 aliphatic carbocycles. The van der Waals surface area contributed by atoms with Gasteiger partial charge in [0.25, 0.3) is 0 Å². The third-order valence-corrected chi connectivity index (χ3v) is 4.27. The number of ether oxygens (including phenoxy) is 1. The molecule has 0 bridgehead atoms. The highest BCUT2D eigenvalue weighted by Crippen LogP contribution is 2.31. The molecule has 0 aliphatic heterocycles. The second-order valence-corrected chi connectivity index (χ2v) is 6.29. The van der Waals surface area contributed by atoms with Crippen molar-refractivity contribution in [1.82, 2.24) is 9.97 Å². The van der Waals surface area contributed by atoms with Crippen molar-refractivity contribution < 1.29 is 9.53 Å². The summed E-state index contributed by atoms with van der Waals surface area (Å²) in [5.74, 6) is -0.312. The fourth-order valence-corrected chi connectivity index (χ4v) is 3.10. The van der Waals surface area contributed by atoms with Gasteiger partial charge in [0, 0.05) is 28.5 Å². The Labute approximate surface area is 144 Å². The molecule has 0 saturated heterocycles. The van der Waals surface area contributed by atoms with Crippen LogP contribution in [0.25, 0.3) is 11.3 Å². The number of anilines is 2. The number of thiazole rings is 1. The monoisotopic (exact) mass is 339 g/mol. The molecule has 6 heteroatoms. The van der Waals surface area contributed by atoms with Crippen LogP contribution in [-0.2, 0) is 4.74 Å². The van der Waals surface area contributed by atoms with Gasteiger partial charge in [0.1, 0.15) is 0 Å². The molecule has 2 aromatic heterocycles. The molecule has 1 aromatic carbocycles. The average molecular weight is 339 g/mol. The Bertz CT molecular complexity index is 829. The Hall–Kier alpha value is -2.73. The van der Waals surface area contributed by atoms with E-state index in [9.17, 15) is 4.79 Å². The van der Waals surface area contributed by atoms with Crippen LogP contribution in [0.1, 0.15) is 22.2 Å². The zero-order valence-corrected chi connectivity index (χ0v) is 14.3. The lowest BCUT2D eigenvalue weighted by Gasteiger charge is -2.04. The highest BCUT2D eigenvalue weighted by Gasteiger charge is 2.11. The molecule has 0 unspecified atom stereocenters. The van der Waals surface area contributed by atoms with Crippen LogP contribution >= 0.6 is 11.3 Å². The average Bonchev–Trinajstić information content (AvgIpc) is 2.97. The predicted octanol–water partition coefficient (Wildman–Crippen LogP) is 4.43. The molecule has 5 nitrogen and oxygen atoms in total. The quantitative estimate of drug-likeness (QED) is 0.697. The van der Waals surface area contributed by atoms with Gasteiger partial charge in [0.2, 0.25) is 0 Å². The van der Waals surface area contributed by atoms with Crippen LogP contribution in [0.3, 0.4) is 0 Å². The zero-order valence-electron chi connectivity index (χ0n) is 13.4. The van der Waals surface area contributed by atoms with Gasteiger partial charge in [-0.3, -0.25) is 4.98 Å². The summed E-state index contributed by atoms with van der Waals surface area (Å²) in [4.78, 5) is 21.6. The number of carbonyl (C=O) groups is 1. The summed E-state index contributed by atoms with van der Waals surface area (Å²) in [5.41, 5.74) is 3.33. The molecular weight excluding hydrogens is 322 g/mol. The molecule has 0 radical (unpaired) electrons. The number of esters is 1. The van der Waals surface area contributed by atoms with Crippen LogP contribution in [-0.4, -0.2) is 22.5 Å². The van der Waals surface area contributed by atoms with Crippen molar-refractivity contribution in [2.75, 3.05) is 11.9 Å². The maximum Gasteiger partial charge on any atom is 0.338 e. The number of benzene rings is 1. The number of aromatic nitrogens is 2. The van der Waals surface area contributed by atoms with Crippen LogP contribution in [0.4, 0.5) is 10.8 Å². The van der Waals surface area contributed by atoms with Gasteiger partial charge in [-0.2, -0.15) is 0 Å². The first-order chi connectivity index (χ1) is 11.7. The third-order valence-electron chi connectivity index (χ3n) is 3.38. The predicted molar refractivity (Wildman–Crippen MR) is 95.8 cm³/mol. The van der Waals surface area contributed by atoms with E-state index in [0.29, 0.717) is 12.2 Å². The van der Waals surface area contributed by atoms with Gasteiger partial charge in [-0.1, -0.05) is 0 Å². The summed E-state index contributed by atoms with van der Waals surface area (Å²) in [6.45, 7) is 4.20. The van der Waals surface area contributed by atoms with Crippen molar-refractivity contribution in [3.8, 4) is 11.3 Å². The summed E-state index contributed by atoms with van der Waals surface area (Å²) < 4.78 is 4.98. The summed E-state index contributed by atoms with van der Waals surface area (Å²) >= 11 is 1.58. The summed E-state index contributed by atoms with van der Waals surface area (Å²) in [6, 6.07) is 11.0. The Morgan fingerprint density at radius 3 is 2.71 bits per heavy atom. The fraction of sp³-hybridized carbons (Fsp3) is 0.167. The van der Waals surface area contributed by atoms with E-state index >= 15 is 0 Å². The molecule has 122 valence electrons. The Balaban J connectivity index is 1.76. The van der Waals surface area contributed by atoms with Gasteiger partial charge in [-0.15, -0.1) is 11.3 Å². The standard InChI is InChI=1S/C18H17N3O2S/c1-3-23-17(22)13-6-8-15(9-7-13)20-18-21-16(12(2)24-18)14-5-4-10-19-11-14/h4-11H,3H2,1-2H3,(H,20,21). The van der Waals surface area contributed by atoms with Gasteiger partial charge in [-0.05, 0) is 50.2 Å². The van der Waals surface area contributed by atoms with Gasteiger partial charge in [-0.25, -0.2) is 9.78 Å². The SMILES string of the molecule is CCOC(=O)c1ccc(Nc2nc(-c3cccnc3)c(C)s2)cc1. The van der Waals surface area contributed by atoms with Crippen LogP contribution < -0.4 is 5.32 Å². The van der Waals surface area contributed by atoms with E-state index in [4.69, 9.17) is 4.74 Å². The summed E-state index contributed by atoms with van der Waals surface area (Å²) in [7, 11) is 0. The van der Waals surface area contributed by atoms with E-state index in [1.807, 2.05) is 31.2 Å². The van der Waals surface area contributed by atoms with Crippen molar-refractivity contribution in [3.63, 3.8) is 0 Å². The number of rotatable bonds is 5. The molecule has 0 amide bonds. The number of nitrogens with one attached hydrogen (secondary N) is 1. The van der Waals surface area contributed by atoms with E-state index in [2.05, 4.69) is 15.3 Å². The molecule has 3 rings (SSSR count). The van der Waals surface area contributed by atoms with Crippen LogP contribution in [0.2, 0.25) is 0 Å². The Kier molecular flexibility index (Phi) is 4.86. The van der Waals surface area contributed by atoms with Gasteiger partial charge < -0.3 is 10.1 Å². The maximum atomic E-state index is 11.7. The van der Waals surface area contributed by atoms with Crippen molar-refractivity contribution in [3.05, 3.63) is 59.2 Å². The Morgan fingerprint density at radius 1 is 1.25 bits per heavy atom. The van der Waals surface area contributed by atoms with Crippen molar-refractivity contribution >= 4 is 28.1 Å². The van der Waals surface area contributed by atoms with Crippen LogP contribution in [0.5, 0.6) is 0 Å². The van der Waals surface area contributed by atoms with E-state index < -0.39 is 0 Å². The van der Waals surface area contributed by atoms with Gasteiger partial charge >= 0.3 is 5.97 Å². The van der Waals surface area contributed by atoms with Crippen LogP contribution in [0, 0.1) is 6.92 Å². The van der Waals surface area contributed by atoms with Crippen molar-refractivity contribution in [1.29, 1.82) is 0 Å². The lowest BCUT2D eigenvalue weighted by atomic mass is 10.2. The second-order valence-electron chi connectivity index (χ2n) is 5.09. The normalized spacial score (nSPS) is 10.4. The lowest BCUT2D eigenvalue weighted by molar-refractivity contribution is 0.0526. The Morgan fingerprint density at radius 2 is 2.04 bits per heavy atom. The molecule has 0 saturated carbocycles. The molecular formula is C18H17N3O2S. The topological polar surface area (TPSA) is 64.1 Å². The number of pyridine rings is 1. The maximum absolute atomic E-state index is 11.7. The number of hydrogen-bond donors (Lipinski definition) is 1. The summed E-state index contributed by atoms with van der Waals surface area (Å²) in [6.07, 6.45) is 3.55. The first-order valence-corrected chi connectivity index (χ1v) is 8.41. The number of carbonyl (C=O) groups excluding carboxylic acids is 1. The second kappa shape index (κ2) is 7.23. The molecule has 0 atom stereocenters. The molecule has 2 heterocycles. The first kappa shape index (κ1) is 16.1. The molecule has 3 aromatic rings. The zero-order chi connectivity index (χ0) is 16.9. The van der Waals surface area contributed by atoms with Crippen LogP contribution in [0.15, 0.2) is 48.8 Å². The number of aryl methyl sites for hydroxylation is 1. The molecule has 24 heavy (non-hydrogen) atoms. The number of hydrogen-bond acceptors (Lipinski definition) is 6. The third kappa shape index (κ3) is 3.60. The van der Waals surface area contributed by atoms with Crippen molar-refractivity contribution in [2.45, 2.75) is 13.8 Å². The summed E-state index contributed by atoms with van der Waals surface area (Å²) in [5, 5.41) is 4.07. The van der Waals surface area contributed by atoms with E-state index in [1.54, 1.807) is 42.8 Å². The largest absolute Gasteiger partial charge is 0.462 e. The molecule has 0 spiro atoms. The highest BCUT2D eigenvalue weighted by molar-refractivity contribution is 7.16. The highest BCUT2D eigenvalue weighted by atomic mass is 32.1. The van der Waals surface area contributed by atoms with Gasteiger partial charge in [0.15, 0.2) is 5.13 Å². The van der Waals surface area contributed by atoms with E-state index in [-0.39, 0.29) is 5.97 Å². The minimum absolute atomic E-state index is 0.312. The molecule has 0 fully saturated rings. The van der Waals surface area contributed by atoms with Gasteiger partial charge in [0.05, 0.1) is 17.9 Å². The first-order valence-electron chi connectivity index (χ1n) is 7.59. The van der Waals surface area contributed by atoms with Crippen molar-refractivity contribution in [2.24, 2.45) is 0 Å². The minimum atomic E-state index is -0.312. The minimum Gasteiger partial charge on any atom is -0.462 e. The fourth-order valence-electron chi connectivity index (χ4n) is 2.25. The molecule has 0 aliphatic rings. The smallest absolute Gasteiger partial charge is 0.338 e. The number of nitrogens with zero attached hydrogens (tertiary/aromatic N) is 2. The lowest BCUT2D eigenvalue weighted by Crippen LogP contribution is -2.04.